The Morgan fingerprint density at radius 2 is 1.56 bits per heavy atom. The molecule has 3 aromatic rings. The third-order valence-electron chi connectivity index (χ3n) is 6.06. The summed E-state index contributed by atoms with van der Waals surface area (Å²) >= 11 is 12.2. The number of anilines is 1. The Morgan fingerprint density at radius 3 is 2.18 bits per heavy atom. The molecule has 0 aliphatic heterocycles. The van der Waals surface area contributed by atoms with E-state index in [1.807, 2.05) is 26.8 Å². The van der Waals surface area contributed by atoms with E-state index in [9.17, 15) is 18.0 Å². The monoisotopic (exact) mass is 589 g/mol. The van der Waals surface area contributed by atoms with Gasteiger partial charge in [-0.15, -0.1) is 0 Å². The number of nitrogens with zero attached hydrogens (tertiary/aromatic N) is 2. The summed E-state index contributed by atoms with van der Waals surface area (Å²) in [6.45, 7) is 7.41. The van der Waals surface area contributed by atoms with Crippen LogP contribution in [0, 0.1) is 12.8 Å². The van der Waals surface area contributed by atoms with Crippen molar-refractivity contribution >= 4 is 50.7 Å². The molecule has 2 amide bonds. The molecule has 0 spiro atoms. The standard InChI is InChI=1S/C29H33Cl2N3O4S/c1-20(2)17-32-29(36)22(4)33(18-23-8-6-9-25(31)16-23)28(35)19-34(26-10-5-7-21(3)15-26)39(37,38)27-13-11-24(30)12-14-27/h5-16,20,22H,17-19H2,1-4H3,(H,32,36)/t22-/m0/s1. The Hall–Kier alpha value is -3.07. The van der Waals surface area contributed by atoms with Crippen LogP contribution in [0.2, 0.25) is 10.0 Å². The maximum Gasteiger partial charge on any atom is 0.264 e. The van der Waals surface area contributed by atoms with Crippen molar-refractivity contribution in [3.63, 3.8) is 0 Å². The van der Waals surface area contributed by atoms with Gasteiger partial charge in [0, 0.05) is 23.1 Å². The van der Waals surface area contributed by atoms with Crippen molar-refractivity contribution in [2.45, 2.75) is 45.2 Å². The lowest BCUT2D eigenvalue weighted by Crippen LogP contribution is -2.51. The van der Waals surface area contributed by atoms with E-state index < -0.39 is 28.5 Å². The summed E-state index contributed by atoms with van der Waals surface area (Å²) < 4.78 is 28.7. The zero-order valence-corrected chi connectivity index (χ0v) is 24.7. The minimum atomic E-state index is -4.16. The lowest BCUT2D eigenvalue weighted by atomic mass is 10.1. The Kier molecular flexibility index (Phi) is 10.4. The van der Waals surface area contributed by atoms with Gasteiger partial charge in [0.25, 0.3) is 10.0 Å². The summed E-state index contributed by atoms with van der Waals surface area (Å²) in [6.07, 6.45) is 0. The van der Waals surface area contributed by atoms with Crippen LogP contribution in [0.5, 0.6) is 0 Å². The number of carbonyl (C=O) groups is 2. The summed E-state index contributed by atoms with van der Waals surface area (Å²) in [5, 5.41) is 3.74. The van der Waals surface area contributed by atoms with Gasteiger partial charge in [-0.05, 0) is 79.4 Å². The molecule has 0 aliphatic carbocycles. The van der Waals surface area contributed by atoms with Gasteiger partial charge in [0.2, 0.25) is 11.8 Å². The maximum absolute atomic E-state index is 13.9. The van der Waals surface area contributed by atoms with Crippen LogP contribution >= 0.6 is 23.2 Å². The van der Waals surface area contributed by atoms with E-state index in [-0.39, 0.29) is 23.3 Å². The Bertz CT molecular complexity index is 1410. The molecule has 0 unspecified atom stereocenters. The first-order chi connectivity index (χ1) is 18.4. The molecule has 7 nitrogen and oxygen atoms in total. The van der Waals surface area contributed by atoms with Crippen LogP contribution in [0.15, 0.2) is 77.7 Å². The van der Waals surface area contributed by atoms with Crippen molar-refractivity contribution in [3.05, 3.63) is 94.0 Å². The van der Waals surface area contributed by atoms with Gasteiger partial charge in [0.15, 0.2) is 0 Å². The van der Waals surface area contributed by atoms with E-state index in [1.165, 1.54) is 29.2 Å². The van der Waals surface area contributed by atoms with E-state index in [0.717, 1.165) is 9.87 Å². The van der Waals surface area contributed by atoms with Crippen LogP contribution in [-0.4, -0.2) is 44.3 Å². The molecule has 3 rings (SSSR count). The molecular formula is C29H33Cl2N3O4S. The van der Waals surface area contributed by atoms with Crippen LogP contribution in [-0.2, 0) is 26.2 Å². The van der Waals surface area contributed by atoms with Gasteiger partial charge in [0.1, 0.15) is 12.6 Å². The van der Waals surface area contributed by atoms with Crippen LogP contribution < -0.4 is 9.62 Å². The molecule has 0 fully saturated rings. The molecular weight excluding hydrogens is 557 g/mol. The van der Waals surface area contributed by atoms with Gasteiger partial charge in [-0.3, -0.25) is 13.9 Å². The molecule has 3 aromatic carbocycles. The summed E-state index contributed by atoms with van der Waals surface area (Å²) in [7, 11) is -4.16. The quantitative estimate of drug-likeness (QED) is 0.311. The third kappa shape index (κ3) is 8.21. The van der Waals surface area contributed by atoms with Crippen molar-refractivity contribution in [2.24, 2.45) is 5.92 Å². The van der Waals surface area contributed by atoms with Crippen LogP contribution in [0.3, 0.4) is 0 Å². The summed E-state index contributed by atoms with van der Waals surface area (Å²) in [4.78, 5) is 28.3. The molecule has 1 N–H and O–H groups in total. The molecule has 0 aromatic heterocycles. The second kappa shape index (κ2) is 13.3. The van der Waals surface area contributed by atoms with Gasteiger partial charge in [0.05, 0.1) is 10.6 Å². The fraction of sp³-hybridized carbons (Fsp3) is 0.310. The van der Waals surface area contributed by atoms with E-state index in [0.29, 0.717) is 27.8 Å². The molecule has 0 aliphatic rings. The number of hydrogen-bond donors (Lipinski definition) is 1. The number of sulfonamides is 1. The fourth-order valence-corrected chi connectivity index (χ4v) is 5.66. The molecule has 10 heteroatoms. The maximum atomic E-state index is 13.9. The van der Waals surface area contributed by atoms with Gasteiger partial charge >= 0.3 is 0 Å². The average molecular weight is 591 g/mol. The molecule has 208 valence electrons. The smallest absolute Gasteiger partial charge is 0.264 e. The van der Waals surface area contributed by atoms with Crippen molar-refractivity contribution < 1.29 is 18.0 Å². The van der Waals surface area contributed by atoms with Crippen LogP contribution in [0.4, 0.5) is 5.69 Å². The summed E-state index contributed by atoms with van der Waals surface area (Å²) in [5.41, 5.74) is 1.87. The number of rotatable bonds is 11. The SMILES string of the molecule is Cc1cccc(N(CC(=O)N(Cc2cccc(Cl)c2)[C@@H](C)C(=O)NCC(C)C)S(=O)(=O)c2ccc(Cl)cc2)c1. The zero-order chi connectivity index (χ0) is 28.7. The number of amides is 2. The number of hydrogen-bond acceptors (Lipinski definition) is 4. The predicted octanol–water partition coefficient (Wildman–Crippen LogP) is 5.69. The minimum absolute atomic E-state index is 0.00896. The Morgan fingerprint density at radius 1 is 0.897 bits per heavy atom. The highest BCUT2D eigenvalue weighted by atomic mass is 35.5. The van der Waals surface area contributed by atoms with Gasteiger partial charge < -0.3 is 10.2 Å². The first-order valence-corrected chi connectivity index (χ1v) is 14.7. The van der Waals surface area contributed by atoms with E-state index >= 15 is 0 Å². The highest BCUT2D eigenvalue weighted by Gasteiger charge is 2.32. The molecule has 0 heterocycles. The number of halogens is 2. The lowest BCUT2D eigenvalue weighted by Gasteiger charge is -2.32. The first-order valence-electron chi connectivity index (χ1n) is 12.5. The van der Waals surface area contributed by atoms with Crippen molar-refractivity contribution in [3.8, 4) is 0 Å². The second-order valence-corrected chi connectivity index (χ2v) is 12.5. The summed E-state index contributed by atoms with van der Waals surface area (Å²) in [5.74, 6) is -0.650. The topological polar surface area (TPSA) is 86.8 Å². The fourth-order valence-electron chi connectivity index (χ4n) is 3.91. The van der Waals surface area contributed by atoms with Gasteiger partial charge in [-0.25, -0.2) is 8.42 Å². The normalized spacial score (nSPS) is 12.2. The molecule has 0 radical (unpaired) electrons. The number of benzene rings is 3. The molecule has 0 saturated carbocycles. The van der Waals surface area contributed by atoms with Crippen molar-refractivity contribution in [1.29, 1.82) is 0 Å². The number of aryl methyl sites for hydroxylation is 1. The Balaban J connectivity index is 2.01. The van der Waals surface area contributed by atoms with Gasteiger partial charge in [-0.2, -0.15) is 0 Å². The van der Waals surface area contributed by atoms with Crippen molar-refractivity contribution in [2.75, 3.05) is 17.4 Å². The average Bonchev–Trinajstić information content (AvgIpc) is 2.88. The number of nitrogens with one attached hydrogen (secondary N) is 1. The van der Waals surface area contributed by atoms with E-state index in [1.54, 1.807) is 49.4 Å². The molecule has 0 bridgehead atoms. The third-order valence-corrected chi connectivity index (χ3v) is 8.34. The van der Waals surface area contributed by atoms with Crippen LogP contribution in [0.1, 0.15) is 31.9 Å². The highest BCUT2D eigenvalue weighted by molar-refractivity contribution is 7.92. The second-order valence-electron chi connectivity index (χ2n) is 9.77. The first kappa shape index (κ1) is 30.5. The lowest BCUT2D eigenvalue weighted by molar-refractivity contribution is -0.139. The van der Waals surface area contributed by atoms with Crippen LogP contribution in [0.25, 0.3) is 0 Å². The zero-order valence-electron chi connectivity index (χ0n) is 22.4. The van der Waals surface area contributed by atoms with E-state index in [2.05, 4.69) is 5.32 Å². The minimum Gasteiger partial charge on any atom is -0.354 e. The van der Waals surface area contributed by atoms with Gasteiger partial charge in [-0.1, -0.05) is 61.3 Å². The largest absolute Gasteiger partial charge is 0.354 e. The molecule has 39 heavy (non-hydrogen) atoms. The summed E-state index contributed by atoms with van der Waals surface area (Å²) in [6, 6.07) is 18.8. The number of carbonyl (C=O) groups excluding carboxylic acids is 2. The predicted molar refractivity (Wildman–Crippen MR) is 156 cm³/mol. The molecule has 1 atom stereocenters. The van der Waals surface area contributed by atoms with Crippen molar-refractivity contribution in [1.82, 2.24) is 10.2 Å². The highest BCUT2D eigenvalue weighted by Crippen LogP contribution is 2.26. The Labute approximate surface area is 240 Å². The molecule has 0 saturated heterocycles. The van der Waals surface area contributed by atoms with E-state index in [4.69, 9.17) is 23.2 Å².